The topological polar surface area (TPSA) is 49.8 Å². The van der Waals surface area contributed by atoms with Crippen molar-refractivity contribution in [3.8, 4) is 6.07 Å². The van der Waals surface area contributed by atoms with Gasteiger partial charge < -0.3 is 5.73 Å². The SMILES string of the molecule is CC(C)(C)Sc1ccccc1[C@@H](N)CC#N. The summed E-state index contributed by atoms with van der Waals surface area (Å²) in [5.74, 6) is 0. The second kappa shape index (κ2) is 5.38. The maximum absolute atomic E-state index is 8.68. The Morgan fingerprint density at radius 3 is 2.56 bits per heavy atom. The highest BCUT2D eigenvalue weighted by atomic mass is 32.2. The molecule has 86 valence electrons. The summed E-state index contributed by atoms with van der Waals surface area (Å²) in [7, 11) is 0. The lowest BCUT2D eigenvalue weighted by Gasteiger charge is -2.21. The fourth-order valence-corrected chi connectivity index (χ4v) is 2.56. The Morgan fingerprint density at radius 1 is 1.38 bits per heavy atom. The molecule has 3 heteroatoms. The minimum atomic E-state index is -0.184. The predicted molar refractivity (Wildman–Crippen MR) is 69.2 cm³/mol. The number of nitrogens with zero attached hydrogens (tertiary/aromatic N) is 1. The molecule has 0 aliphatic rings. The number of nitriles is 1. The smallest absolute Gasteiger partial charge is 0.0641 e. The van der Waals surface area contributed by atoms with E-state index >= 15 is 0 Å². The van der Waals surface area contributed by atoms with Gasteiger partial charge in [0.05, 0.1) is 12.5 Å². The maximum Gasteiger partial charge on any atom is 0.0641 e. The van der Waals surface area contributed by atoms with Gasteiger partial charge in [0.2, 0.25) is 0 Å². The van der Waals surface area contributed by atoms with Crippen LogP contribution >= 0.6 is 11.8 Å². The fraction of sp³-hybridized carbons (Fsp3) is 0.462. The van der Waals surface area contributed by atoms with Gasteiger partial charge in [0, 0.05) is 15.7 Å². The van der Waals surface area contributed by atoms with E-state index in [0.717, 1.165) is 5.56 Å². The van der Waals surface area contributed by atoms with E-state index in [9.17, 15) is 0 Å². The molecular weight excluding hydrogens is 216 g/mol. The highest BCUT2D eigenvalue weighted by Gasteiger charge is 2.17. The van der Waals surface area contributed by atoms with Crippen LogP contribution in [0.15, 0.2) is 29.2 Å². The number of thioether (sulfide) groups is 1. The van der Waals surface area contributed by atoms with Crippen LogP contribution in [0.3, 0.4) is 0 Å². The Kier molecular flexibility index (Phi) is 4.40. The fourth-order valence-electron chi connectivity index (χ4n) is 1.42. The molecule has 0 saturated heterocycles. The van der Waals surface area contributed by atoms with Crippen molar-refractivity contribution in [3.63, 3.8) is 0 Å². The molecule has 0 amide bonds. The second-order valence-electron chi connectivity index (χ2n) is 4.72. The van der Waals surface area contributed by atoms with E-state index in [0.29, 0.717) is 6.42 Å². The molecule has 0 fully saturated rings. The zero-order valence-corrected chi connectivity index (χ0v) is 10.8. The summed E-state index contributed by atoms with van der Waals surface area (Å²) in [6, 6.07) is 10.0. The zero-order chi connectivity index (χ0) is 12.2. The highest BCUT2D eigenvalue weighted by molar-refractivity contribution is 8.00. The minimum Gasteiger partial charge on any atom is -0.323 e. The predicted octanol–water partition coefficient (Wildman–Crippen LogP) is 3.49. The largest absolute Gasteiger partial charge is 0.323 e. The summed E-state index contributed by atoms with van der Waals surface area (Å²) in [5, 5.41) is 8.68. The molecule has 0 heterocycles. The molecule has 2 N–H and O–H groups in total. The van der Waals surface area contributed by atoms with Gasteiger partial charge in [0.15, 0.2) is 0 Å². The Hall–Kier alpha value is -0.980. The van der Waals surface area contributed by atoms with Crippen molar-refractivity contribution in [3.05, 3.63) is 29.8 Å². The lowest BCUT2D eigenvalue weighted by Crippen LogP contribution is -2.13. The molecule has 0 radical (unpaired) electrons. The molecule has 0 aliphatic carbocycles. The first-order valence-corrected chi connectivity index (χ1v) is 6.16. The van der Waals surface area contributed by atoms with Crippen LogP contribution in [0.2, 0.25) is 0 Å². The van der Waals surface area contributed by atoms with Crippen LogP contribution in [0, 0.1) is 11.3 Å². The van der Waals surface area contributed by atoms with Gasteiger partial charge in [0.25, 0.3) is 0 Å². The van der Waals surface area contributed by atoms with E-state index in [2.05, 4.69) is 32.9 Å². The Labute approximate surface area is 102 Å². The zero-order valence-electron chi connectivity index (χ0n) is 10.0. The molecule has 0 unspecified atom stereocenters. The number of hydrogen-bond donors (Lipinski definition) is 1. The number of hydrogen-bond acceptors (Lipinski definition) is 3. The third-order valence-electron chi connectivity index (χ3n) is 2.05. The van der Waals surface area contributed by atoms with Gasteiger partial charge >= 0.3 is 0 Å². The van der Waals surface area contributed by atoms with E-state index in [4.69, 9.17) is 11.0 Å². The van der Waals surface area contributed by atoms with E-state index in [1.54, 1.807) is 11.8 Å². The molecule has 0 bridgehead atoms. The molecule has 2 nitrogen and oxygen atoms in total. The average Bonchev–Trinajstić information content (AvgIpc) is 2.16. The molecule has 0 saturated carbocycles. The van der Waals surface area contributed by atoms with Gasteiger partial charge in [-0.1, -0.05) is 39.0 Å². The number of nitrogens with two attached hydrogens (primary N) is 1. The maximum atomic E-state index is 8.68. The van der Waals surface area contributed by atoms with E-state index in [1.165, 1.54) is 4.90 Å². The van der Waals surface area contributed by atoms with Crippen molar-refractivity contribution in [2.45, 2.75) is 42.9 Å². The van der Waals surface area contributed by atoms with Crippen LogP contribution < -0.4 is 5.73 Å². The van der Waals surface area contributed by atoms with Gasteiger partial charge in [0.1, 0.15) is 0 Å². The van der Waals surface area contributed by atoms with Crippen molar-refractivity contribution in [2.24, 2.45) is 5.73 Å². The summed E-state index contributed by atoms with van der Waals surface area (Å²) in [6.07, 6.45) is 0.363. The summed E-state index contributed by atoms with van der Waals surface area (Å²) in [6.45, 7) is 6.51. The lowest BCUT2D eigenvalue weighted by atomic mass is 10.1. The van der Waals surface area contributed by atoms with E-state index in [-0.39, 0.29) is 10.8 Å². The first-order valence-electron chi connectivity index (χ1n) is 5.34. The van der Waals surface area contributed by atoms with Crippen LogP contribution in [0.4, 0.5) is 0 Å². The molecule has 1 aromatic carbocycles. The third-order valence-corrected chi connectivity index (χ3v) is 3.25. The van der Waals surface area contributed by atoms with Gasteiger partial charge in [-0.3, -0.25) is 0 Å². The average molecular weight is 234 g/mol. The summed E-state index contributed by atoms with van der Waals surface area (Å²) in [4.78, 5) is 1.18. The quantitative estimate of drug-likeness (QED) is 0.814. The molecule has 1 atom stereocenters. The van der Waals surface area contributed by atoms with Crippen LogP contribution in [0.25, 0.3) is 0 Å². The Bertz CT molecular complexity index is 388. The van der Waals surface area contributed by atoms with Gasteiger partial charge in [-0.2, -0.15) is 5.26 Å². The van der Waals surface area contributed by atoms with Crippen LogP contribution in [0.5, 0.6) is 0 Å². The molecule has 0 spiro atoms. The first kappa shape index (κ1) is 13.1. The van der Waals surface area contributed by atoms with Crippen molar-refractivity contribution in [1.82, 2.24) is 0 Å². The molecule has 16 heavy (non-hydrogen) atoms. The summed E-state index contributed by atoms with van der Waals surface area (Å²) in [5.41, 5.74) is 7.06. The van der Waals surface area contributed by atoms with Gasteiger partial charge in [-0.05, 0) is 11.6 Å². The molecule has 0 aromatic heterocycles. The van der Waals surface area contributed by atoms with Crippen molar-refractivity contribution >= 4 is 11.8 Å². The van der Waals surface area contributed by atoms with Crippen LogP contribution in [-0.4, -0.2) is 4.75 Å². The third kappa shape index (κ3) is 3.88. The molecular formula is C13H18N2S. The molecule has 1 aromatic rings. The number of benzene rings is 1. The Morgan fingerprint density at radius 2 is 2.00 bits per heavy atom. The first-order chi connectivity index (χ1) is 7.44. The monoisotopic (exact) mass is 234 g/mol. The van der Waals surface area contributed by atoms with E-state index in [1.807, 2.05) is 18.2 Å². The van der Waals surface area contributed by atoms with Crippen molar-refractivity contribution < 1.29 is 0 Å². The van der Waals surface area contributed by atoms with E-state index < -0.39 is 0 Å². The van der Waals surface area contributed by atoms with Crippen LogP contribution in [-0.2, 0) is 0 Å². The van der Waals surface area contributed by atoms with Crippen molar-refractivity contribution in [1.29, 1.82) is 5.26 Å². The standard InChI is InChI=1S/C13H18N2S/c1-13(2,3)16-12-7-5-4-6-10(12)11(15)8-9-14/h4-7,11H,8,15H2,1-3H3/t11-/m0/s1. The molecule has 0 aliphatic heterocycles. The lowest BCUT2D eigenvalue weighted by molar-refractivity contribution is 0.729. The molecule has 1 rings (SSSR count). The summed E-state index contributed by atoms with van der Waals surface area (Å²) >= 11 is 1.79. The highest BCUT2D eigenvalue weighted by Crippen LogP contribution is 2.36. The Balaban J connectivity index is 2.97. The second-order valence-corrected chi connectivity index (χ2v) is 6.59. The van der Waals surface area contributed by atoms with Gasteiger partial charge in [-0.25, -0.2) is 0 Å². The van der Waals surface area contributed by atoms with Crippen LogP contribution in [0.1, 0.15) is 38.8 Å². The normalized spacial score (nSPS) is 13.2. The minimum absolute atomic E-state index is 0.155. The van der Waals surface area contributed by atoms with Gasteiger partial charge in [-0.15, -0.1) is 11.8 Å². The number of rotatable bonds is 3. The van der Waals surface area contributed by atoms with Crippen molar-refractivity contribution in [2.75, 3.05) is 0 Å². The summed E-state index contributed by atoms with van der Waals surface area (Å²) < 4.78 is 0.155.